The monoisotopic (exact) mass is 685 g/mol. The number of nitrogens with two attached hydrogens (primary N) is 1. The van der Waals surface area contributed by atoms with Crippen LogP contribution in [0.25, 0.3) is 0 Å². The fraction of sp³-hybridized carbons (Fsp3) is 0.471. The number of nitrogens with one attached hydrogen (secondary N) is 2. The number of H-pyrrole nitrogens is 1. The molecule has 2 fully saturated rings. The molecule has 1 atom stereocenters. The second-order valence-corrected chi connectivity index (χ2v) is 13.3. The lowest BCUT2D eigenvalue weighted by Gasteiger charge is -2.38. The van der Waals surface area contributed by atoms with Gasteiger partial charge in [0.05, 0.1) is 34.2 Å². The van der Waals surface area contributed by atoms with E-state index in [-0.39, 0.29) is 53.2 Å². The molecule has 0 radical (unpaired) electrons. The smallest absolute Gasteiger partial charge is 0.397 e. The topological polar surface area (TPSA) is 128 Å². The van der Waals surface area contributed by atoms with Gasteiger partial charge in [-0.2, -0.15) is 13.2 Å². The fourth-order valence-electron chi connectivity index (χ4n) is 7.21. The quantitative estimate of drug-likeness (QED) is 0.275. The van der Waals surface area contributed by atoms with Gasteiger partial charge in [0.2, 0.25) is 11.8 Å². The Morgan fingerprint density at radius 1 is 1.02 bits per heavy atom. The first-order valence-corrected chi connectivity index (χ1v) is 16.7. The highest BCUT2D eigenvalue weighted by atomic mass is 35.5. The molecule has 3 aromatic rings. The second kappa shape index (κ2) is 14.1. The summed E-state index contributed by atoms with van der Waals surface area (Å²) < 4.78 is 41.3. The lowest BCUT2D eigenvalue weighted by atomic mass is 9.89. The van der Waals surface area contributed by atoms with Gasteiger partial charge in [-0.3, -0.25) is 9.59 Å². The van der Waals surface area contributed by atoms with Gasteiger partial charge in [0, 0.05) is 63.0 Å². The van der Waals surface area contributed by atoms with Crippen molar-refractivity contribution in [2.45, 2.75) is 63.1 Å². The van der Waals surface area contributed by atoms with Gasteiger partial charge in [0.15, 0.2) is 0 Å². The van der Waals surface area contributed by atoms with Gasteiger partial charge >= 0.3 is 12.2 Å². The molecule has 0 saturated carbocycles. The van der Waals surface area contributed by atoms with E-state index < -0.39 is 23.3 Å². The Kier molecular flexibility index (Phi) is 9.86. The number of likely N-dealkylation sites (tertiary alicyclic amines) is 2. The number of benzene rings is 2. The maximum Gasteiger partial charge on any atom is 0.418 e. The molecule has 3 aliphatic rings. The number of alkyl halides is 3. The van der Waals surface area contributed by atoms with E-state index in [2.05, 4.69) is 15.3 Å². The van der Waals surface area contributed by atoms with Crippen LogP contribution in [0.2, 0.25) is 5.02 Å². The molecule has 0 aliphatic carbocycles. The summed E-state index contributed by atoms with van der Waals surface area (Å²) in [5.74, 6) is -1.23. The van der Waals surface area contributed by atoms with E-state index in [1.54, 1.807) is 16.1 Å². The van der Waals surface area contributed by atoms with E-state index in [1.807, 2.05) is 35.4 Å². The van der Waals surface area contributed by atoms with Gasteiger partial charge in [-0.25, -0.2) is 9.78 Å². The summed E-state index contributed by atoms with van der Waals surface area (Å²) in [6, 6.07) is 9.78. The van der Waals surface area contributed by atoms with Crippen LogP contribution in [0.5, 0.6) is 0 Å². The van der Waals surface area contributed by atoms with Crippen molar-refractivity contribution < 1.29 is 27.6 Å². The molecule has 10 nitrogen and oxygen atoms in total. The van der Waals surface area contributed by atoms with E-state index in [9.17, 15) is 27.6 Å². The highest BCUT2D eigenvalue weighted by Crippen LogP contribution is 2.39. The van der Waals surface area contributed by atoms with Crippen molar-refractivity contribution in [3.8, 4) is 0 Å². The van der Waals surface area contributed by atoms with E-state index in [0.717, 1.165) is 29.4 Å². The number of aromatic amines is 1. The number of para-hydroxylation sites is 1. The van der Waals surface area contributed by atoms with Crippen LogP contribution in [-0.2, 0) is 28.6 Å². The molecule has 4 amide bonds. The Morgan fingerprint density at radius 2 is 1.73 bits per heavy atom. The third kappa shape index (κ3) is 7.40. The minimum absolute atomic E-state index is 0.0469. The van der Waals surface area contributed by atoms with Gasteiger partial charge in [-0.15, -0.1) is 0 Å². The fourth-order valence-corrected chi connectivity index (χ4v) is 7.45. The molecule has 2 saturated heterocycles. The lowest BCUT2D eigenvalue weighted by Crippen LogP contribution is -2.50. The minimum atomic E-state index is -4.73. The normalized spacial score (nSPS) is 18.7. The number of aromatic nitrogens is 2. The van der Waals surface area contributed by atoms with E-state index in [0.29, 0.717) is 58.4 Å². The summed E-state index contributed by atoms with van der Waals surface area (Å²) in [5.41, 5.74) is 7.02. The minimum Gasteiger partial charge on any atom is -0.397 e. The zero-order chi connectivity index (χ0) is 34.0. The molecule has 4 heterocycles. The highest BCUT2D eigenvalue weighted by molar-refractivity contribution is 6.33. The Labute approximate surface area is 281 Å². The lowest BCUT2D eigenvalue weighted by molar-refractivity contribution is -0.142. The molecule has 4 N–H and O–H groups in total. The van der Waals surface area contributed by atoms with Crippen LogP contribution in [0.15, 0.2) is 48.9 Å². The van der Waals surface area contributed by atoms with Crippen LogP contribution >= 0.6 is 11.6 Å². The van der Waals surface area contributed by atoms with Gasteiger partial charge in [-0.1, -0.05) is 29.8 Å². The Hall–Kier alpha value is -4.26. The molecule has 6 rings (SSSR count). The number of nitrogen functional groups attached to an aromatic ring is 1. The van der Waals surface area contributed by atoms with Crippen molar-refractivity contribution in [3.63, 3.8) is 0 Å². The number of hydrogen-bond acceptors (Lipinski definition) is 5. The Bertz CT molecular complexity index is 1640. The van der Waals surface area contributed by atoms with Crippen LogP contribution in [0.1, 0.15) is 60.4 Å². The molecular formula is C34H39ClF3N7O3. The summed E-state index contributed by atoms with van der Waals surface area (Å²) >= 11 is 6.12. The number of anilines is 2. The first-order valence-electron chi connectivity index (χ1n) is 16.3. The molecule has 1 unspecified atom stereocenters. The molecule has 0 spiro atoms. The van der Waals surface area contributed by atoms with Crippen molar-refractivity contribution in [2.75, 3.05) is 43.8 Å². The molecule has 48 heavy (non-hydrogen) atoms. The molecule has 1 aromatic heterocycles. The SMILES string of the molecule is Nc1c(Cl)cc(CC(CC(=O)N2CCC(N3CCc4ccccc4NC3=O)CC2)C(=O)N2CCC(c3c[nH]cn3)CC2)cc1C(F)(F)F. The predicted octanol–water partition coefficient (Wildman–Crippen LogP) is 5.70. The number of nitrogens with zero attached hydrogens (tertiary/aromatic N) is 4. The summed E-state index contributed by atoms with van der Waals surface area (Å²) in [7, 11) is 0. The van der Waals surface area contributed by atoms with Crippen LogP contribution in [0, 0.1) is 5.92 Å². The molecule has 14 heteroatoms. The maximum absolute atomic E-state index is 14.0. The highest BCUT2D eigenvalue weighted by Gasteiger charge is 2.37. The number of fused-ring (bicyclic) bond motifs is 1. The average Bonchev–Trinajstić information content (AvgIpc) is 3.56. The first kappa shape index (κ1) is 33.6. The molecule has 0 bridgehead atoms. The average molecular weight is 686 g/mol. The third-order valence-corrected chi connectivity index (χ3v) is 10.2. The maximum atomic E-state index is 14.0. The number of imidazole rings is 1. The van der Waals surface area contributed by atoms with Crippen LogP contribution < -0.4 is 11.1 Å². The number of amides is 4. The zero-order valence-corrected chi connectivity index (χ0v) is 27.2. The summed E-state index contributed by atoms with van der Waals surface area (Å²) in [6.07, 6.45) is 1.72. The second-order valence-electron chi connectivity index (χ2n) is 12.9. The van der Waals surface area contributed by atoms with Crippen LogP contribution in [-0.4, -0.2) is 81.3 Å². The van der Waals surface area contributed by atoms with Gasteiger partial charge in [0.1, 0.15) is 0 Å². The standard InChI is InChI=1S/C34H39ClF3N7O3/c35-27-17-21(16-26(31(27)39)34(36,37)38)15-24(32(47)44-10-5-23(6-11-44)29-19-40-20-41-29)18-30(46)43-12-8-25(9-13-43)45-14-7-22-3-1-2-4-28(22)42-33(45)48/h1-4,16-17,19-20,23-25H,5-15,18,39H2,(H,40,41)(H,42,48). The number of halogens is 4. The molecule has 3 aliphatic heterocycles. The Balaban J connectivity index is 1.13. The first-order chi connectivity index (χ1) is 23.0. The van der Waals surface area contributed by atoms with Gasteiger partial charge in [0.25, 0.3) is 0 Å². The molecule has 2 aromatic carbocycles. The van der Waals surface area contributed by atoms with Crippen LogP contribution in [0.4, 0.5) is 29.3 Å². The van der Waals surface area contributed by atoms with Crippen molar-refractivity contribution >= 4 is 40.8 Å². The van der Waals surface area contributed by atoms with Crippen molar-refractivity contribution in [1.82, 2.24) is 24.7 Å². The molecule has 256 valence electrons. The number of piperidine rings is 2. The van der Waals surface area contributed by atoms with Crippen molar-refractivity contribution in [3.05, 3.63) is 76.3 Å². The Morgan fingerprint density at radius 3 is 2.42 bits per heavy atom. The number of urea groups is 1. The van der Waals surface area contributed by atoms with Gasteiger partial charge < -0.3 is 30.7 Å². The molecular weight excluding hydrogens is 647 g/mol. The zero-order valence-electron chi connectivity index (χ0n) is 26.4. The van der Waals surface area contributed by atoms with E-state index in [1.165, 1.54) is 6.07 Å². The van der Waals surface area contributed by atoms with E-state index >= 15 is 0 Å². The predicted molar refractivity (Wildman–Crippen MR) is 175 cm³/mol. The summed E-state index contributed by atoms with van der Waals surface area (Å²) in [4.78, 5) is 53.3. The van der Waals surface area contributed by atoms with Crippen molar-refractivity contribution in [1.29, 1.82) is 0 Å². The number of hydrogen-bond donors (Lipinski definition) is 3. The number of rotatable bonds is 7. The third-order valence-electron chi connectivity index (χ3n) is 9.89. The van der Waals surface area contributed by atoms with Crippen molar-refractivity contribution in [2.24, 2.45) is 5.92 Å². The summed E-state index contributed by atoms with van der Waals surface area (Å²) in [5, 5.41) is 2.75. The number of carbonyl (C=O) groups excluding carboxylic acids is 3. The summed E-state index contributed by atoms with van der Waals surface area (Å²) in [6.45, 7) is 2.28. The van der Waals surface area contributed by atoms with Crippen LogP contribution in [0.3, 0.4) is 0 Å². The largest absolute Gasteiger partial charge is 0.418 e. The van der Waals surface area contributed by atoms with E-state index in [4.69, 9.17) is 17.3 Å². The van der Waals surface area contributed by atoms with Gasteiger partial charge in [-0.05, 0) is 67.9 Å². The number of carbonyl (C=O) groups is 3.